The van der Waals surface area contributed by atoms with Gasteiger partial charge >= 0.3 is 5.97 Å². The predicted molar refractivity (Wildman–Crippen MR) is 120 cm³/mol. The van der Waals surface area contributed by atoms with Crippen molar-refractivity contribution >= 4 is 32.1 Å². The van der Waals surface area contributed by atoms with Crippen LogP contribution in [0.25, 0.3) is 6.08 Å². The summed E-state index contributed by atoms with van der Waals surface area (Å²) < 4.78 is 60.1. The van der Waals surface area contributed by atoms with E-state index in [4.69, 9.17) is 14.6 Å². The first kappa shape index (κ1) is 25.5. The number of benzene rings is 2. The van der Waals surface area contributed by atoms with Crippen LogP contribution in [0.3, 0.4) is 0 Å². The van der Waals surface area contributed by atoms with Crippen molar-refractivity contribution in [1.82, 2.24) is 4.72 Å². The molecule has 2 rings (SSSR count). The second-order valence-corrected chi connectivity index (χ2v) is 10.3. The van der Waals surface area contributed by atoms with Crippen LogP contribution < -0.4 is 14.6 Å². The molecular formula is C21H26N2O7S2. The molecule has 0 heterocycles. The zero-order valence-electron chi connectivity index (χ0n) is 17.7. The Morgan fingerprint density at radius 2 is 1.62 bits per heavy atom. The Morgan fingerprint density at radius 1 is 1.00 bits per heavy atom. The van der Waals surface area contributed by atoms with E-state index in [0.717, 1.165) is 5.41 Å². The molecule has 0 spiro atoms. The highest BCUT2D eigenvalue weighted by Crippen LogP contribution is 2.15. The maximum absolute atomic E-state index is 12.4. The molecule has 2 aromatic carbocycles. The predicted octanol–water partition coefficient (Wildman–Crippen LogP) is 1.87. The van der Waals surface area contributed by atoms with E-state index in [1.165, 1.54) is 30.3 Å². The summed E-state index contributed by atoms with van der Waals surface area (Å²) in [6.07, 6.45) is 1.43. The van der Waals surface area contributed by atoms with Gasteiger partial charge in [-0.15, -0.1) is 0 Å². The largest absolute Gasteiger partial charge is 0.490 e. The maximum atomic E-state index is 12.4. The van der Waals surface area contributed by atoms with E-state index in [-0.39, 0.29) is 24.0 Å². The first-order chi connectivity index (χ1) is 15.0. The molecule has 9 nitrogen and oxygen atoms in total. The van der Waals surface area contributed by atoms with Crippen LogP contribution >= 0.6 is 0 Å². The van der Waals surface area contributed by atoms with Crippen LogP contribution in [-0.2, 0) is 29.6 Å². The molecule has 0 saturated heterocycles. The van der Waals surface area contributed by atoms with E-state index in [1.807, 2.05) is 6.07 Å². The molecular weight excluding hydrogens is 456 g/mol. The van der Waals surface area contributed by atoms with Gasteiger partial charge in [-0.05, 0) is 41.8 Å². The molecule has 0 amide bonds. The lowest BCUT2D eigenvalue weighted by molar-refractivity contribution is -0.147. The molecule has 11 heteroatoms. The van der Waals surface area contributed by atoms with Gasteiger partial charge in [0.05, 0.1) is 4.90 Å². The molecule has 0 bridgehead atoms. The van der Waals surface area contributed by atoms with Crippen molar-refractivity contribution in [3.8, 4) is 5.75 Å². The fourth-order valence-electron chi connectivity index (χ4n) is 2.52. The number of nitrogens with two attached hydrogens (primary N) is 1. The van der Waals surface area contributed by atoms with Gasteiger partial charge in [0.15, 0.2) is 0 Å². The normalized spacial score (nSPS) is 13.2. The number of ether oxygens (including phenoxy) is 2. The van der Waals surface area contributed by atoms with Crippen LogP contribution in [0.4, 0.5) is 0 Å². The van der Waals surface area contributed by atoms with Gasteiger partial charge in [0.1, 0.15) is 25.0 Å². The Hall–Kier alpha value is -2.73. The van der Waals surface area contributed by atoms with Crippen LogP contribution in [0.2, 0.25) is 0 Å². The van der Waals surface area contributed by atoms with Crippen LogP contribution in [0.1, 0.15) is 19.4 Å². The average Bonchev–Trinajstić information content (AvgIpc) is 2.74. The van der Waals surface area contributed by atoms with Gasteiger partial charge in [0.25, 0.3) is 0 Å². The lowest BCUT2D eigenvalue weighted by atomic mass is 10.1. The molecule has 3 N–H and O–H groups in total. The highest BCUT2D eigenvalue weighted by molar-refractivity contribution is 7.92. The van der Waals surface area contributed by atoms with Crippen molar-refractivity contribution in [2.75, 3.05) is 13.2 Å². The Labute approximate surface area is 188 Å². The van der Waals surface area contributed by atoms with Crippen LogP contribution in [0.15, 0.2) is 64.9 Å². The Kier molecular flexibility index (Phi) is 8.96. The summed E-state index contributed by atoms with van der Waals surface area (Å²) in [7, 11) is -7.68. The minimum Gasteiger partial charge on any atom is -0.490 e. The van der Waals surface area contributed by atoms with Gasteiger partial charge < -0.3 is 9.47 Å². The minimum atomic E-state index is -3.88. The maximum Gasteiger partial charge on any atom is 0.324 e. The lowest BCUT2D eigenvalue weighted by Crippen LogP contribution is -2.44. The van der Waals surface area contributed by atoms with Crippen molar-refractivity contribution in [2.45, 2.75) is 24.8 Å². The first-order valence-corrected chi connectivity index (χ1v) is 12.7. The summed E-state index contributed by atoms with van der Waals surface area (Å²) in [5.41, 5.74) is 0.704. The number of hydrogen-bond acceptors (Lipinski definition) is 7. The number of carbonyl (C=O) groups is 1. The second-order valence-electron chi connectivity index (χ2n) is 7.13. The van der Waals surface area contributed by atoms with Gasteiger partial charge in [0.2, 0.25) is 20.0 Å². The molecule has 0 aliphatic rings. The van der Waals surface area contributed by atoms with E-state index in [1.54, 1.807) is 38.1 Å². The molecule has 0 fully saturated rings. The number of esters is 1. The van der Waals surface area contributed by atoms with Crippen molar-refractivity contribution in [3.63, 3.8) is 0 Å². The van der Waals surface area contributed by atoms with Crippen LogP contribution in [0.5, 0.6) is 5.75 Å². The van der Waals surface area contributed by atoms with Crippen molar-refractivity contribution in [3.05, 3.63) is 65.6 Å². The van der Waals surface area contributed by atoms with Gasteiger partial charge in [-0.2, -0.15) is 4.72 Å². The summed E-state index contributed by atoms with van der Waals surface area (Å²) in [5.74, 6) is -0.723. The Morgan fingerprint density at radius 3 is 2.19 bits per heavy atom. The van der Waals surface area contributed by atoms with E-state index in [9.17, 15) is 21.6 Å². The van der Waals surface area contributed by atoms with Crippen LogP contribution in [-0.4, -0.2) is 42.1 Å². The van der Waals surface area contributed by atoms with Gasteiger partial charge in [-0.25, -0.2) is 22.0 Å². The third-order valence-electron chi connectivity index (χ3n) is 4.20. The third kappa shape index (κ3) is 8.42. The second kappa shape index (κ2) is 11.2. The van der Waals surface area contributed by atoms with E-state index >= 15 is 0 Å². The molecule has 1 atom stereocenters. The summed E-state index contributed by atoms with van der Waals surface area (Å²) in [6, 6.07) is 13.2. The van der Waals surface area contributed by atoms with Crippen LogP contribution in [0, 0.1) is 5.92 Å². The molecule has 32 heavy (non-hydrogen) atoms. The number of primary sulfonamides is 1. The zero-order valence-corrected chi connectivity index (χ0v) is 19.3. The highest BCUT2D eigenvalue weighted by Gasteiger charge is 2.27. The summed E-state index contributed by atoms with van der Waals surface area (Å²) in [4.78, 5) is 12.3. The third-order valence-corrected chi connectivity index (χ3v) is 6.21. The van der Waals surface area contributed by atoms with Crippen molar-refractivity contribution in [2.24, 2.45) is 11.1 Å². The van der Waals surface area contributed by atoms with Gasteiger partial charge in [0, 0.05) is 5.41 Å². The Bertz CT molecular complexity index is 1130. The molecule has 0 aliphatic heterocycles. The van der Waals surface area contributed by atoms with E-state index in [2.05, 4.69) is 4.72 Å². The highest BCUT2D eigenvalue weighted by atomic mass is 32.2. The quantitative estimate of drug-likeness (QED) is 0.368. The summed E-state index contributed by atoms with van der Waals surface area (Å²) in [5, 5.41) is 6.03. The van der Waals surface area contributed by atoms with Crippen molar-refractivity contribution in [1.29, 1.82) is 0 Å². The fraction of sp³-hybridized carbons (Fsp3) is 0.286. The molecule has 0 saturated carbocycles. The molecule has 0 aliphatic carbocycles. The van der Waals surface area contributed by atoms with E-state index in [0.29, 0.717) is 11.3 Å². The monoisotopic (exact) mass is 482 g/mol. The topological polar surface area (TPSA) is 142 Å². The molecule has 0 unspecified atom stereocenters. The number of nitrogens with one attached hydrogen (secondary N) is 1. The fourth-order valence-corrected chi connectivity index (χ4v) is 4.17. The standard InChI is InChI=1S/C21H26N2O7S2/c1-16(2)20(23-31(25,26)15-12-17-6-4-3-5-7-17)21(24)30-14-13-29-18-8-10-19(11-9-18)32(22,27)28/h3-12,15-16,20,23H,13-14H2,1-2H3,(H2,22,27,28)/b15-12+/t20-/m1/s1. The molecule has 2 aromatic rings. The van der Waals surface area contributed by atoms with E-state index < -0.39 is 32.1 Å². The van der Waals surface area contributed by atoms with Gasteiger partial charge in [-0.1, -0.05) is 44.2 Å². The lowest BCUT2D eigenvalue weighted by Gasteiger charge is -2.20. The van der Waals surface area contributed by atoms with Gasteiger partial charge in [-0.3, -0.25) is 4.79 Å². The Balaban J connectivity index is 1.88. The smallest absolute Gasteiger partial charge is 0.324 e. The first-order valence-electron chi connectivity index (χ1n) is 9.66. The average molecular weight is 483 g/mol. The zero-order chi connectivity index (χ0) is 23.8. The number of rotatable bonds is 11. The summed E-state index contributed by atoms with van der Waals surface area (Å²) >= 11 is 0. The number of hydrogen-bond donors (Lipinski definition) is 2. The number of carbonyl (C=O) groups excluding carboxylic acids is 1. The van der Waals surface area contributed by atoms with Crippen molar-refractivity contribution < 1.29 is 31.1 Å². The molecule has 0 radical (unpaired) electrons. The number of sulfonamides is 2. The molecule has 0 aromatic heterocycles. The minimum absolute atomic E-state index is 0.00800. The summed E-state index contributed by atoms with van der Waals surface area (Å²) in [6.45, 7) is 3.25. The SMILES string of the molecule is CC(C)[C@@H](NS(=O)(=O)/C=C/c1ccccc1)C(=O)OCCOc1ccc(S(N)(=O)=O)cc1. The molecule has 174 valence electrons.